The molecule has 0 spiro atoms. The minimum absolute atomic E-state index is 0.0520. The van der Waals surface area contributed by atoms with Crippen molar-refractivity contribution in [3.05, 3.63) is 76.3 Å². The summed E-state index contributed by atoms with van der Waals surface area (Å²) in [7, 11) is -3.92. The van der Waals surface area contributed by atoms with Crippen molar-refractivity contribution in [1.29, 1.82) is 0 Å². The molecule has 1 aliphatic heterocycles. The second kappa shape index (κ2) is 9.12. The molecule has 0 saturated carbocycles. The highest BCUT2D eigenvalue weighted by Crippen LogP contribution is 2.33. The van der Waals surface area contributed by atoms with Crippen LogP contribution in [0, 0.1) is 0 Å². The van der Waals surface area contributed by atoms with Crippen molar-refractivity contribution < 1.29 is 32.6 Å². The van der Waals surface area contributed by atoms with Crippen LogP contribution in [0.25, 0.3) is 0 Å². The average molecular weight is 533 g/mol. The molecule has 1 aliphatic rings. The number of hydrogen-bond donors (Lipinski definition) is 3. The van der Waals surface area contributed by atoms with E-state index in [1.165, 1.54) is 42.5 Å². The summed E-state index contributed by atoms with van der Waals surface area (Å²) in [5.41, 5.74) is 0.498. The van der Waals surface area contributed by atoms with E-state index in [1.54, 1.807) is 18.2 Å². The highest BCUT2D eigenvalue weighted by molar-refractivity contribution is 9.10. The molecule has 0 fully saturated rings. The van der Waals surface area contributed by atoms with Crippen LogP contribution in [0.5, 0.6) is 11.5 Å². The molecule has 170 valence electrons. The number of anilines is 2. The molecule has 0 atom stereocenters. The van der Waals surface area contributed by atoms with Gasteiger partial charge in [0.05, 0.1) is 21.8 Å². The standard InChI is InChI=1S/C22H17BrN2O7S/c23-14-3-7-18(17(11-14)22(27)28)24-21(26)13-1-5-16(6-2-13)33(29,30)25-15-4-8-19-20(12-15)32-10-9-31-19/h1-8,11-12,25H,9-10H2,(H,24,26)(H,27,28). The molecule has 0 aliphatic carbocycles. The van der Waals surface area contributed by atoms with Crippen LogP contribution in [0.15, 0.2) is 70.0 Å². The van der Waals surface area contributed by atoms with Gasteiger partial charge in [-0.25, -0.2) is 13.2 Å². The number of rotatable bonds is 6. The van der Waals surface area contributed by atoms with Crippen LogP contribution < -0.4 is 19.5 Å². The topological polar surface area (TPSA) is 131 Å². The van der Waals surface area contributed by atoms with Gasteiger partial charge >= 0.3 is 5.97 Å². The maximum atomic E-state index is 12.7. The van der Waals surface area contributed by atoms with Crippen molar-refractivity contribution in [2.24, 2.45) is 0 Å². The lowest BCUT2D eigenvalue weighted by Gasteiger charge is -2.19. The van der Waals surface area contributed by atoms with Gasteiger partial charge in [-0.05, 0) is 54.6 Å². The summed E-state index contributed by atoms with van der Waals surface area (Å²) in [6.07, 6.45) is 0. The lowest BCUT2D eigenvalue weighted by molar-refractivity contribution is 0.0698. The summed E-state index contributed by atoms with van der Waals surface area (Å²) in [5, 5.41) is 11.9. The number of benzene rings is 3. The number of carbonyl (C=O) groups excluding carboxylic acids is 1. The SMILES string of the molecule is O=C(Nc1ccc(Br)cc1C(=O)O)c1ccc(S(=O)(=O)Nc2ccc3c(c2)OCCO3)cc1. The fraction of sp³-hybridized carbons (Fsp3) is 0.0909. The Morgan fingerprint density at radius 2 is 1.61 bits per heavy atom. The van der Waals surface area contributed by atoms with E-state index < -0.39 is 21.9 Å². The number of fused-ring (bicyclic) bond motifs is 1. The Morgan fingerprint density at radius 1 is 0.909 bits per heavy atom. The number of carboxylic acid groups (broad SMARTS) is 1. The Kier molecular flexibility index (Phi) is 6.25. The van der Waals surface area contributed by atoms with Gasteiger partial charge in [0.25, 0.3) is 15.9 Å². The van der Waals surface area contributed by atoms with Gasteiger partial charge in [0.1, 0.15) is 13.2 Å². The summed E-state index contributed by atoms with van der Waals surface area (Å²) in [5.74, 6) is -0.791. The maximum absolute atomic E-state index is 12.7. The van der Waals surface area contributed by atoms with Gasteiger partial charge in [0, 0.05) is 16.1 Å². The first kappa shape index (κ1) is 22.6. The third kappa shape index (κ3) is 5.10. The smallest absolute Gasteiger partial charge is 0.337 e. The molecule has 3 aromatic carbocycles. The molecule has 4 rings (SSSR count). The van der Waals surface area contributed by atoms with Crippen molar-refractivity contribution in [2.45, 2.75) is 4.90 Å². The average Bonchev–Trinajstić information content (AvgIpc) is 2.80. The number of nitrogens with one attached hydrogen (secondary N) is 2. The monoisotopic (exact) mass is 532 g/mol. The summed E-state index contributed by atoms with van der Waals surface area (Å²) >= 11 is 3.19. The molecule has 0 radical (unpaired) electrons. The van der Waals surface area contributed by atoms with E-state index in [0.29, 0.717) is 34.9 Å². The Hall–Kier alpha value is -3.57. The number of hydrogen-bond acceptors (Lipinski definition) is 6. The van der Waals surface area contributed by atoms with Crippen LogP contribution in [0.3, 0.4) is 0 Å². The number of halogens is 1. The summed E-state index contributed by atoms with van der Waals surface area (Å²) in [6.45, 7) is 0.804. The predicted molar refractivity (Wildman–Crippen MR) is 124 cm³/mol. The summed E-state index contributed by atoms with van der Waals surface area (Å²) < 4.78 is 39.4. The minimum atomic E-state index is -3.92. The van der Waals surface area contributed by atoms with Gasteiger partial charge in [0.15, 0.2) is 11.5 Å². The van der Waals surface area contributed by atoms with Gasteiger partial charge in [-0.3, -0.25) is 9.52 Å². The zero-order valence-electron chi connectivity index (χ0n) is 16.9. The lowest BCUT2D eigenvalue weighted by atomic mass is 10.1. The van der Waals surface area contributed by atoms with E-state index in [9.17, 15) is 23.1 Å². The van der Waals surface area contributed by atoms with E-state index in [1.807, 2.05) is 0 Å². The molecule has 3 N–H and O–H groups in total. The van der Waals surface area contributed by atoms with Crippen LogP contribution in [0.1, 0.15) is 20.7 Å². The third-order valence-electron chi connectivity index (χ3n) is 4.68. The molecule has 0 aromatic heterocycles. The quantitative estimate of drug-likeness (QED) is 0.437. The first-order valence-electron chi connectivity index (χ1n) is 9.60. The van der Waals surface area contributed by atoms with Gasteiger partial charge in [-0.2, -0.15) is 0 Å². The Morgan fingerprint density at radius 3 is 2.30 bits per heavy atom. The van der Waals surface area contributed by atoms with E-state index in [4.69, 9.17) is 9.47 Å². The summed E-state index contributed by atoms with van der Waals surface area (Å²) in [4.78, 5) is 23.9. The Labute approximate surface area is 197 Å². The van der Waals surface area contributed by atoms with Crippen LogP contribution >= 0.6 is 15.9 Å². The van der Waals surface area contributed by atoms with E-state index >= 15 is 0 Å². The highest BCUT2D eigenvalue weighted by atomic mass is 79.9. The number of sulfonamides is 1. The fourth-order valence-electron chi connectivity index (χ4n) is 3.10. The molecule has 1 amide bonds. The molecule has 1 heterocycles. The predicted octanol–water partition coefficient (Wildman–Crippen LogP) is 3.97. The van der Waals surface area contributed by atoms with Crippen LogP contribution in [0.4, 0.5) is 11.4 Å². The molecule has 0 bridgehead atoms. The lowest BCUT2D eigenvalue weighted by Crippen LogP contribution is -2.17. The van der Waals surface area contributed by atoms with Crippen LogP contribution in [0.2, 0.25) is 0 Å². The largest absolute Gasteiger partial charge is 0.486 e. The van der Waals surface area contributed by atoms with Crippen molar-refractivity contribution in [3.63, 3.8) is 0 Å². The molecule has 9 nitrogen and oxygen atoms in total. The number of amides is 1. The Bertz CT molecular complexity index is 1340. The molecule has 33 heavy (non-hydrogen) atoms. The number of carboxylic acids is 1. The van der Waals surface area contributed by atoms with Gasteiger partial charge < -0.3 is 19.9 Å². The van der Waals surface area contributed by atoms with E-state index in [-0.39, 0.29) is 21.7 Å². The number of ether oxygens (including phenoxy) is 2. The molecule has 11 heteroatoms. The number of aromatic carboxylic acids is 1. The number of carbonyl (C=O) groups is 2. The summed E-state index contributed by atoms with van der Waals surface area (Å²) in [6, 6.07) is 14.4. The van der Waals surface area contributed by atoms with Crippen molar-refractivity contribution in [3.8, 4) is 11.5 Å². The van der Waals surface area contributed by atoms with Crippen molar-refractivity contribution in [2.75, 3.05) is 23.3 Å². The zero-order chi connectivity index (χ0) is 23.6. The molecule has 0 saturated heterocycles. The first-order chi connectivity index (χ1) is 15.7. The fourth-order valence-corrected chi connectivity index (χ4v) is 4.51. The molecule has 3 aromatic rings. The minimum Gasteiger partial charge on any atom is -0.486 e. The first-order valence-corrected chi connectivity index (χ1v) is 11.9. The van der Waals surface area contributed by atoms with Crippen molar-refractivity contribution in [1.82, 2.24) is 0 Å². The van der Waals surface area contributed by atoms with Gasteiger partial charge in [0.2, 0.25) is 0 Å². The van der Waals surface area contributed by atoms with Gasteiger partial charge in [-0.15, -0.1) is 0 Å². The van der Waals surface area contributed by atoms with E-state index in [2.05, 4.69) is 26.0 Å². The molecule has 0 unspecified atom stereocenters. The molecular formula is C22H17BrN2O7S. The van der Waals surface area contributed by atoms with Crippen LogP contribution in [-0.2, 0) is 10.0 Å². The second-order valence-corrected chi connectivity index (χ2v) is 9.54. The van der Waals surface area contributed by atoms with Gasteiger partial charge in [-0.1, -0.05) is 15.9 Å². The molecular weight excluding hydrogens is 516 g/mol. The van der Waals surface area contributed by atoms with Crippen LogP contribution in [-0.4, -0.2) is 38.6 Å². The normalized spacial score (nSPS) is 12.6. The van der Waals surface area contributed by atoms with Crippen molar-refractivity contribution >= 4 is 49.2 Å². The second-order valence-electron chi connectivity index (χ2n) is 6.94. The highest BCUT2D eigenvalue weighted by Gasteiger charge is 2.19. The Balaban J connectivity index is 1.49. The zero-order valence-corrected chi connectivity index (χ0v) is 19.3. The van der Waals surface area contributed by atoms with E-state index in [0.717, 1.165) is 0 Å². The maximum Gasteiger partial charge on any atom is 0.337 e. The third-order valence-corrected chi connectivity index (χ3v) is 6.57.